The van der Waals surface area contributed by atoms with E-state index in [1.54, 1.807) is 44.5 Å². The molecule has 0 aliphatic heterocycles. The van der Waals surface area contributed by atoms with Gasteiger partial charge in [0.2, 0.25) is 0 Å². The molecule has 2 aliphatic carbocycles. The number of fused-ring (bicyclic) bond motifs is 2. The molecule has 0 bridgehead atoms. The summed E-state index contributed by atoms with van der Waals surface area (Å²) in [6.07, 6.45) is 10.3. The Balaban J connectivity index is 0.00000308. The van der Waals surface area contributed by atoms with Gasteiger partial charge in [-0.15, -0.1) is 24.8 Å². The second kappa shape index (κ2) is 13.8. The van der Waals surface area contributed by atoms with Gasteiger partial charge in [-0.1, -0.05) is 0 Å². The Kier molecular flexibility index (Phi) is 12.4. The van der Waals surface area contributed by atoms with Gasteiger partial charge < -0.3 is 0 Å². The van der Waals surface area contributed by atoms with Crippen LogP contribution >= 0.6 is 24.8 Å². The molecule has 0 spiro atoms. The second-order valence-electron chi connectivity index (χ2n) is 15.6. The van der Waals surface area contributed by atoms with Crippen molar-refractivity contribution in [3.8, 4) is 0 Å². The summed E-state index contributed by atoms with van der Waals surface area (Å²) in [4.78, 5) is 0. The van der Waals surface area contributed by atoms with Crippen molar-refractivity contribution in [2.45, 2.75) is 137 Å². The molecule has 2 aliphatic rings. The summed E-state index contributed by atoms with van der Waals surface area (Å²) < 4.78 is 1.20. The van der Waals surface area contributed by atoms with Crippen LogP contribution in [0.15, 0.2) is 35.4 Å². The quantitative estimate of drug-likeness (QED) is 0.222. The number of rotatable bonds is 10. The molecule has 234 valence electrons. The normalized spacial score (nSPS) is 18.2. The number of halogens is 2. The van der Waals surface area contributed by atoms with E-state index in [0.717, 1.165) is 0 Å². The number of allylic oxidation sites excluding steroid dienone is 2. The van der Waals surface area contributed by atoms with Crippen LogP contribution < -0.4 is 0 Å². The predicted molar refractivity (Wildman–Crippen MR) is 195 cm³/mol. The first-order valence-electron chi connectivity index (χ1n) is 16.4. The standard InChI is InChI=1S/2C18H25.2CH3.2ClH.H2Si.Ti/c2*1-6-7-14-8-16-10-15(12(2)3)11-17(13(4)5)18(16)9-14;;;;;;/h2*8-13H,6-7H2,1-5H3;2*1H3;2*1H;1H2;. The van der Waals surface area contributed by atoms with Crippen molar-refractivity contribution in [3.05, 3.63) is 79.9 Å². The molecule has 2 aromatic rings. The Labute approximate surface area is 274 Å². The summed E-state index contributed by atoms with van der Waals surface area (Å²) in [6.45, 7) is 23.9. The van der Waals surface area contributed by atoms with E-state index in [4.69, 9.17) is 0 Å². The van der Waals surface area contributed by atoms with E-state index in [1.807, 2.05) is 0 Å². The first-order chi connectivity index (χ1) is 18.6. The van der Waals surface area contributed by atoms with E-state index in [2.05, 4.69) is 124 Å². The maximum Gasteiger partial charge on any atom is -0.147 e. The zero-order chi connectivity index (χ0) is 29.8. The number of hydrogen-bond donors (Lipinski definition) is 0. The van der Waals surface area contributed by atoms with Gasteiger partial charge in [0.05, 0.1) is 0 Å². The molecule has 4 rings (SSSR count). The monoisotopic (exact) mass is 662 g/mol. The minimum absolute atomic E-state index is 0. The minimum Gasteiger partial charge on any atom is -0.147 e. The van der Waals surface area contributed by atoms with Crippen LogP contribution in [0.1, 0.15) is 172 Å². The molecule has 0 nitrogen and oxygen atoms in total. The van der Waals surface area contributed by atoms with Crippen LogP contribution in [0.3, 0.4) is 0 Å². The van der Waals surface area contributed by atoms with Gasteiger partial charge in [0.15, 0.2) is 0 Å². The SMILES string of the molecule is CCCC1=Cc2c(C(C)C)cc(C(C)C)cc2[CH]1[Ti]([CH3])([CH3])(=[SiH2])[CH]1C(CCC)=Cc2c(C(C)C)cc(C(C)C)cc21.Cl.Cl. The van der Waals surface area contributed by atoms with Crippen molar-refractivity contribution in [1.82, 2.24) is 0 Å². The maximum absolute atomic E-state index is 3.33. The van der Waals surface area contributed by atoms with Crippen molar-refractivity contribution in [2.75, 3.05) is 0 Å². The molecule has 0 saturated carbocycles. The summed E-state index contributed by atoms with van der Waals surface area (Å²) in [5, 5.41) is 5.66. The van der Waals surface area contributed by atoms with Crippen molar-refractivity contribution >= 4 is 44.6 Å². The van der Waals surface area contributed by atoms with Crippen molar-refractivity contribution < 1.29 is 14.0 Å². The van der Waals surface area contributed by atoms with Gasteiger partial charge in [0.1, 0.15) is 0 Å². The van der Waals surface area contributed by atoms with Crippen LogP contribution in [0.4, 0.5) is 0 Å². The van der Waals surface area contributed by atoms with E-state index in [0.29, 0.717) is 32.1 Å². The molecule has 2 unspecified atom stereocenters. The predicted octanol–water partition coefficient (Wildman–Crippen LogP) is 12.5. The van der Waals surface area contributed by atoms with E-state index < -0.39 is 14.0 Å². The van der Waals surface area contributed by atoms with Gasteiger partial charge >= 0.3 is 251 Å². The first kappa shape index (κ1) is 37.6. The molecule has 0 heterocycles. The molecule has 0 fully saturated rings. The molecule has 0 saturated heterocycles. The Hall–Kier alpha value is -0.569. The van der Waals surface area contributed by atoms with Gasteiger partial charge in [-0.2, -0.15) is 0 Å². The topological polar surface area (TPSA) is 0 Å². The Morgan fingerprint density at radius 3 is 1.19 bits per heavy atom. The molecule has 0 radical (unpaired) electrons. The fourth-order valence-corrected chi connectivity index (χ4v) is 21.2. The van der Waals surface area contributed by atoms with Crippen LogP contribution in [0.2, 0.25) is 10.5 Å². The summed E-state index contributed by atoms with van der Waals surface area (Å²) in [6, 6.07) is 10.4. The van der Waals surface area contributed by atoms with Gasteiger partial charge in [-0.25, -0.2) is 0 Å². The molecule has 4 heteroatoms. The molecule has 0 N–H and O–H groups in total. The zero-order valence-electron chi connectivity index (χ0n) is 28.8. The molecule has 0 aromatic heterocycles. The maximum atomic E-state index is 2.83. The van der Waals surface area contributed by atoms with Crippen molar-refractivity contribution in [3.63, 3.8) is 0 Å². The molecule has 42 heavy (non-hydrogen) atoms. The van der Waals surface area contributed by atoms with Gasteiger partial charge in [0.25, 0.3) is 0 Å². The summed E-state index contributed by atoms with van der Waals surface area (Å²) in [5.41, 5.74) is 16.2. The van der Waals surface area contributed by atoms with Crippen molar-refractivity contribution in [2.24, 2.45) is 0 Å². The molecule has 0 amide bonds. The van der Waals surface area contributed by atoms with Crippen LogP contribution in [-0.4, -0.2) is 7.63 Å². The fraction of sp³-hybridized carbons (Fsp3) is 0.579. The zero-order valence-corrected chi connectivity index (χ0v) is 33.4. The number of benzene rings is 2. The average Bonchev–Trinajstić information content (AvgIpc) is 3.41. The third-order valence-corrected chi connectivity index (χ3v) is 21.5. The summed E-state index contributed by atoms with van der Waals surface area (Å²) in [7, 11) is 2.52. The third-order valence-electron chi connectivity index (χ3n) is 10.1. The van der Waals surface area contributed by atoms with E-state index >= 15 is 0 Å². The Bertz CT molecular complexity index is 1320. The van der Waals surface area contributed by atoms with Crippen LogP contribution in [0.5, 0.6) is 0 Å². The van der Waals surface area contributed by atoms with Crippen LogP contribution in [-0.2, 0) is 14.0 Å². The van der Waals surface area contributed by atoms with E-state index in [9.17, 15) is 0 Å². The van der Waals surface area contributed by atoms with Gasteiger partial charge in [-0.3, -0.25) is 0 Å². The van der Waals surface area contributed by atoms with Crippen LogP contribution in [0, 0.1) is 0 Å². The molecule has 2 atom stereocenters. The number of hydrogen-bond acceptors (Lipinski definition) is 0. The molecular weight excluding hydrogens is 603 g/mol. The summed E-state index contributed by atoms with van der Waals surface area (Å²) >= 11 is -3.33. The first-order valence-corrected chi connectivity index (χ1v) is 25.4. The molecular formula is C38H60Cl2SiTi. The average molecular weight is 664 g/mol. The Morgan fingerprint density at radius 2 is 0.929 bits per heavy atom. The van der Waals surface area contributed by atoms with Gasteiger partial charge in [0, 0.05) is 0 Å². The minimum atomic E-state index is -3.33. The Morgan fingerprint density at radius 1 is 0.595 bits per heavy atom. The summed E-state index contributed by atoms with van der Waals surface area (Å²) in [5.74, 6) is 2.19. The van der Waals surface area contributed by atoms with E-state index in [1.165, 1.54) is 36.8 Å². The second-order valence-corrected chi connectivity index (χ2v) is 35.8. The fourth-order valence-electron chi connectivity index (χ4n) is 8.23. The van der Waals surface area contributed by atoms with Crippen LogP contribution in [0.25, 0.3) is 12.2 Å². The third kappa shape index (κ3) is 6.67. The molecule has 2 aromatic carbocycles. The van der Waals surface area contributed by atoms with Gasteiger partial charge in [-0.05, 0) is 0 Å². The van der Waals surface area contributed by atoms with Crippen molar-refractivity contribution in [1.29, 1.82) is 0 Å². The smallest absolute Gasteiger partial charge is 0.147 e. The largest absolute Gasteiger partial charge is 0.147 e. The van der Waals surface area contributed by atoms with E-state index in [-0.39, 0.29) is 24.8 Å².